The Labute approximate surface area is 133 Å². The Bertz CT molecular complexity index is 956. The SMILES string of the molecule is O=c1c(N2C=CCC=C2)c(-c2ccccc2)oc2ccccc12. The summed E-state index contributed by atoms with van der Waals surface area (Å²) in [6.07, 6.45) is 8.73. The molecule has 112 valence electrons. The van der Waals surface area contributed by atoms with Gasteiger partial charge in [-0.25, -0.2) is 0 Å². The Morgan fingerprint density at radius 3 is 2.35 bits per heavy atom. The molecule has 0 saturated heterocycles. The van der Waals surface area contributed by atoms with E-state index < -0.39 is 0 Å². The summed E-state index contributed by atoms with van der Waals surface area (Å²) in [6, 6.07) is 17.1. The lowest BCUT2D eigenvalue weighted by molar-refractivity contribution is 0.619. The van der Waals surface area contributed by atoms with Crippen LogP contribution in [0.3, 0.4) is 0 Å². The summed E-state index contributed by atoms with van der Waals surface area (Å²) in [4.78, 5) is 14.9. The van der Waals surface area contributed by atoms with Gasteiger partial charge in [-0.15, -0.1) is 0 Å². The van der Waals surface area contributed by atoms with Gasteiger partial charge in [0.2, 0.25) is 5.43 Å². The minimum absolute atomic E-state index is 0.0260. The van der Waals surface area contributed by atoms with Gasteiger partial charge in [0.15, 0.2) is 5.76 Å². The van der Waals surface area contributed by atoms with Gasteiger partial charge in [-0.05, 0) is 18.6 Å². The normalized spacial score (nSPS) is 13.7. The maximum atomic E-state index is 13.1. The minimum atomic E-state index is -0.0260. The molecule has 23 heavy (non-hydrogen) atoms. The lowest BCUT2D eigenvalue weighted by Gasteiger charge is -2.20. The predicted octanol–water partition coefficient (Wildman–Crippen LogP) is 4.70. The Morgan fingerprint density at radius 2 is 1.57 bits per heavy atom. The highest BCUT2D eigenvalue weighted by atomic mass is 16.3. The highest BCUT2D eigenvalue weighted by Crippen LogP contribution is 2.32. The quantitative estimate of drug-likeness (QED) is 0.688. The molecule has 0 fully saturated rings. The molecule has 3 aromatic rings. The van der Waals surface area contributed by atoms with Gasteiger partial charge in [-0.1, -0.05) is 54.6 Å². The molecular formula is C20H15NO2. The van der Waals surface area contributed by atoms with Crippen molar-refractivity contribution >= 4 is 16.7 Å². The zero-order chi connectivity index (χ0) is 15.6. The summed E-state index contributed by atoms with van der Waals surface area (Å²) >= 11 is 0. The van der Waals surface area contributed by atoms with Gasteiger partial charge >= 0.3 is 0 Å². The van der Waals surface area contributed by atoms with E-state index in [0.29, 0.717) is 22.4 Å². The molecule has 0 radical (unpaired) electrons. The summed E-state index contributed by atoms with van der Waals surface area (Å²) in [5, 5.41) is 0.592. The van der Waals surface area contributed by atoms with Crippen LogP contribution in [0.1, 0.15) is 6.42 Å². The van der Waals surface area contributed by atoms with Crippen LogP contribution in [-0.2, 0) is 0 Å². The predicted molar refractivity (Wildman–Crippen MR) is 93.3 cm³/mol. The summed E-state index contributed by atoms with van der Waals surface area (Å²) in [5.41, 5.74) is 2.01. The molecule has 0 bridgehead atoms. The van der Waals surface area contributed by atoms with Crippen molar-refractivity contribution in [3.8, 4) is 11.3 Å². The van der Waals surface area contributed by atoms with Crippen LogP contribution in [0.25, 0.3) is 22.3 Å². The Kier molecular flexibility index (Phi) is 3.31. The minimum Gasteiger partial charge on any atom is -0.454 e. The monoisotopic (exact) mass is 301 g/mol. The molecule has 1 aromatic heterocycles. The molecule has 2 aromatic carbocycles. The molecule has 0 saturated carbocycles. The van der Waals surface area contributed by atoms with Crippen molar-refractivity contribution < 1.29 is 4.42 Å². The second-order valence-corrected chi connectivity index (χ2v) is 5.38. The third kappa shape index (κ3) is 2.36. The summed E-state index contributed by atoms with van der Waals surface area (Å²) in [6.45, 7) is 0. The number of hydrogen-bond acceptors (Lipinski definition) is 3. The number of fused-ring (bicyclic) bond motifs is 1. The van der Waals surface area contributed by atoms with Crippen molar-refractivity contribution in [2.75, 3.05) is 4.90 Å². The van der Waals surface area contributed by atoms with E-state index in [0.717, 1.165) is 12.0 Å². The molecule has 1 aliphatic heterocycles. The third-order valence-electron chi connectivity index (χ3n) is 3.87. The molecule has 3 nitrogen and oxygen atoms in total. The van der Waals surface area contributed by atoms with Gasteiger partial charge in [-0.2, -0.15) is 0 Å². The number of nitrogens with zero attached hydrogens (tertiary/aromatic N) is 1. The first kappa shape index (κ1) is 13.6. The molecule has 3 heteroatoms. The van der Waals surface area contributed by atoms with Crippen LogP contribution in [0.2, 0.25) is 0 Å². The fourth-order valence-electron chi connectivity index (χ4n) is 2.78. The molecular weight excluding hydrogens is 286 g/mol. The molecule has 0 atom stereocenters. The molecule has 0 spiro atoms. The van der Waals surface area contributed by atoms with Crippen LogP contribution in [0.4, 0.5) is 5.69 Å². The summed E-state index contributed by atoms with van der Waals surface area (Å²) < 4.78 is 6.10. The van der Waals surface area contributed by atoms with Crippen LogP contribution in [0.5, 0.6) is 0 Å². The number of anilines is 1. The van der Waals surface area contributed by atoms with E-state index in [2.05, 4.69) is 0 Å². The van der Waals surface area contributed by atoms with Crippen LogP contribution in [0, 0.1) is 0 Å². The summed E-state index contributed by atoms with van der Waals surface area (Å²) in [7, 11) is 0. The second-order valence-electron chi connectivity index (χ2n) is 5.38. The van der Waals surface area contributed by atoms with Crippen LogP contribution >= 0.6 is 0 Å². The molecule has 0 aliphatic carbocycles. The van der Waals surface area contributed by atoms with E-state index in [4.69, 9.17) is 4.42 Å². The molecule has 0 amide bonds. The van der Waals surface area contributed by atoms with Crippen molar-refractivity contribution in [2.24, 2.45) is 0 Å². The van der Waals surface area contributed by atoms with Gasteiger partial charge in [0.1, 0.15) is 11.3 Å². The third-order valence-corrected chi connectivity index (χ3v) is 3.87. The Morgan fingerprint density at radius 1 is 0.870 bits per heavy atom. The number of hydrogen-bond donors (Lipinski definition) is 0. The highest BCUT2D eigenvalue weighted by molar-refractivity contribution is 5.87. The first-order chi connectivity index (χ1) is 11.3. The molecule has 0 N–H and O–H groups in total. The number of rotatable bonds is 2. The largest absolute Gasteiger partial charge is 0.454 e. The van der Waals surface area contributed by atoms with Crippen LogP contribution in [0.15, 0.2) is 88.4 Å². The summed E-state index contributed by atoms with van der Waals surface area (Å²) in [5.74, 6) is 0.588. The number of para-hydroxylation sites is 1. The average molecular weight is 301 g/mol. The van der Waals surface area contributed by atoms with Crippen molar-refractivity contribution in [2.45, 2.75) is 6.42 Å². The lowest BCUT2D eigenvalue weighted by atomic mass is 10.1. The molecule has 2 heterocycles. The van der Waals surface area contributed by atoms with Crippen LogP contribution < -0.4 is 10.3 Å². The van der Waals surface area contributed by atoms with Crippen molar-refractivity contribution in [3.05, 3.63) is 89.4 Å². The molecule has 4 rings (SSSR count). The van der Waals surface area contributed by atoms with Gasteiger partial charge in [0, 0.05) is 18.0 Å². The van der Waals surface area contributed by atoms with E-state index >= 15 is 0 Å². The maximum absolute atomic E-state index is 13.1. The zero-order valence-corrected chi connectivity index (χ0v) is 12.5. The first-order valence-electron chi connectivity index (χ1n) is 7.57. The molecule has 0 unspecified atom stereocenters. The fraction of sp³-hybridized carbons (Fsp3) is 0.0500. The van der Waals surface area contributed by atoms with E-state index in [-0.39, 0.29) is 5.43 Å². The van der Waals surface area contributed by atoms with Gasteiger partial charge in [0.05, 0.1) is 5.39 Å². The van der Waals surface area contributed by atoms with Crippen molar-refractivity contribution in [1.29, 1.82) is 0 Å². The van der Waals surface area contributed by atoms with E-state index in [1.165, 1.54) is 0 Å². The molecule has 1 aliphatic rings. The number of allylic oxidation sites excluding steroid dienone is 2. The van der Waals surface area contributed by atoms with E-state index in [1.54, 1.807) is 6.07 Å². The van der Waals surface area contributed by atoms with E-state index in [9.17, 15) is 4.79 Å². The standard InChI is InChI=1S/C20H15NO2/c22-19-16-11-5-6-12-17(16)23-20(15-9-3-1-4-10-15)18(19)21-13-7-2-8-14-21/h1,3-14H,2H2. The number of benzene rings is 2. The van der Waals surface area contributed by atoms with E-state index in [1.807, 2.05) is 78.0 Å². The van der Waals surface area contributed by atoms with Gasteiger partial charge < -0.3 is 9.32 Å². The Balaban J connectivity index is 2.06. The second kappa shape index (κ2) is 5.61. The Hall–Kier alpha value is -3.07. The van der Waals surface area contributed by atoms with Gasteiger partial charge in [-0.3, -0.25) is 4.79 Å². The van der Waals surface area contributed by atoms with Crippen molar-refractivity contribution in [1.82, 2.24) is 0 Å². The fourth-order valence-corrected chi connectivity index (χ4v) is 2.78. The average Bonchev–Trinajstić information content (AvgIpc) is 2.63. The zero-order valence-electron chi connectivity index (χ0n) is 12.5. The first-order valence-corrected chi connectivity index (χ1v) is 7.57. The van der Waals surface area contributed by atoms with Crippen LogP contribution in [-0.4, -0.2) is 0 Å². The smallest absolute Gasteiger partial charge is 0.217 e. The highest BCUT2D eigenvalue weighted by Gasteiger charge is 2.19. The lowest BCUT2D eigenvalue weighted by Crippen LogP contribution is -2.19. The van der Waals surface area contributed by atoms with Gasteiger partial charge in [0.25, 0.3) is 0 Å². The maximum Gasteiger partial charge on any atom is 0.217 e. The van der Waals surface area contributed by atoms with Crippen molar-refractivity contribution in [3.63, 3.8) is 0 Å². The topological polar surface area (TPSA) is 33.5 Å².